The van der Waals surface area contributed by atoms with Crippen LogP contribution in [-0.2, 0) is 16.7 Å². The summed E-state index contributed by atoms with van der Waals surface area (Å²) in [7, 11) is 1.32. The number of carbonyl (C=O) groups is 2. The Hall–Kier alpha value is -3.41. The first-order valence-corrected chi connectivity index (χ1v) is 9.39. The lowest BCUT2D eigenvalue weighted by Crippen LogP contribution is -2.16. The molecule has 1 amide bonds. The predicted octanol–water partition coefficient (Wildman–Crippen LogP) is 4.27. The highest BCUT2D eigenvalue weighted by Crippen LogP contribution is 2.22. The number of ether oxygens (including phenoxy) is 1. The zero-order valence-electron chi connectivity index (χ0n) is 17.1. The Morgan fingerprint density at radius 1 is 0.966 bits per heavy atom. The number of carbonyl (C=O) groups excluding carboxylic acids is 2. The first-order chi connectivity index (χ1) is 13.8. The van der Waals surface area contributed by atoms with Crippen LogP contribution < -0.4 is 5.32 Å². The molecule has 1 aromatic heterocycles. The summed E-state index contributed by atoms with van der Waals surface area (Å²) in [6, 6.07) is 16.5. The largest absolute Gasteiger partial charge is 0.465 e. The van der Waals surface area contributed by atoms with Gasteiger partial charge in [0, 0.05) is 11.6 Å². The number of amides is 1. The second-order valence-corrected chi connectivity index (χ2v) is 7.84. The molecule has 0 spiro atoms. The average Bonchev–Trinajstić information content (AvgIpc) is 3.13. The predicted molar refractivity (Wildman–Crippen MR) is 112 cm³/mol. The molecule has 6 nitrogen and oxygen atoms in total. The molecule has 0 saturated carbocycles. The maximum Gasteiger partial charge on any atom is 0.337 e. The number of nitrogens with zero attached hydrogens (tertiary/aromatic N) is 2. The lowest BCUT2D eigenvalue weighted by Gasteiger charge is -2.19. The molecule has 1 heterocycles. The zero-order valence-corrected chi connectivity index (χ0v) is 17.1. The summed E-state index contributed by atoms with van der Waals surface area (Å²) in [5, 5.41) is 7.19. The Labute approximate surface area is 170 Å². The first-order valence-electron chi connectivity index (χ1n) is 9.39. The van der Waals surface area contributed by atoms with Crippen LogP contribution in [0.2, 0.25) is 0 Å². The molecule has 3 aromatic rings. The first kappa shape index (κ1) is 20.3. The van der Waals surface area contributed by atoms with Gasteiger partial charge in [-0.25, -0.2) is 9.48 Å². The lowest BCUT2D eigenvalue weighted by molar-refractivity contribution is 0.0600. The van der Waals surface area contributed by atoms with Gasteiger partial charge in [-0.05, 0) is 40.8 Å². The van der Waals surface area contributed by atoms with E-state index in [2.05, 4.69) is 60.2 Å². The molecule has 29 heavy (non-hydrogen) atoms. The maximum atomic E-state index is 12.6. The van der Waals surface area contributed by atoms with E-state index in [0.717, 1.165) is 5.56 Å². The van der Waals surface area contributed by atoms with Crippen molar-refractivity contribution >= 4 is 17.7 Å². The van der Waals surface area contributed by atoms with Gasteiger partial charge in [0.05, 0.1) is 25.4 Å². The third-order valence-electron chi connectivity index (χ3n) is 4.68. The molecule has 0 unspecified atom stereocenters. The average molecular weight is 391 g/mol. The minimum Gasteiger partial charge on any atom is -0.465 e. The molecule has 0 aliphatic rings. The number of esters is 1. The maximum absolute atomic E-state index is 12.6. The number of methoxy groups -OCH3 is 1. The number of rotatable bonds is 5. The molecule has 6 heteroatoms. The Bertz CT molecular complexity index is 997. The molecular formula is C23H25N3O3. The molecular weight excluding hydrogens is 366 g/mol. The van der Waals surface area contributed by atoms with Gasteiger partial charge in [0.1, 0.15) is 5.82 Å². The molecule has 0 fully saturated rings. The van der Waals surface area contributed by atoms with Gasteiger partial charge < -0.3 is 10.1 Å². The quantitative estimate of drug-likeness (QED) is 0.659. The Kier molecular flexibility index (Phi) is 5.82. The van der Waals surface area contributed by atoms with Gasteiger partial charge in [-0.15, -0.1) is 0 Å². The van der Waals surface area contributed by atoms with Crippen LogP contribution in [0.4, 0.5) is 5.82 Å². The highest BCUT2D eigenvalue weighted by atomic mass is 16.5. The molecule has 0 bridgehead atoms. The summed E-state index contributed by atoms with van der Waals surface area (Å²) in [4.78, 5) is 24.1. The van der Waals surface area contributed by atoms with E-state index >= 15 is 0 Å². The molecule has 3 rings (SSSR count). The van der Waals surface area contributed by atoms with Crippen LogP contribution in [0.25, 0.3) is 0 Å². The molecule has 0 aliphatic carbocycles. The molecule has 0 aliphatic heterocycles. The molecule has 2 aromatic carbocycles. The standard InChI is InChI=1S/C23H25N3O3/c1-23(2,3)19-11-5-16(6-12-19)15-26-20(13-14-24-26)25-21(27)17-7-9-18(10-8-17)22(28)29-4/h5-14H,15H2,1-4H3,(H,25,27). The van der Waals surface area contributed by atoms with Crippen molar-refractivity contribution in [1.29, 1.82) is 0 Å². The van der Waals surface area contributed by atoms with Crippen LogP contribution in [0.15, 0.2) is 60.8 Å². The van der Waals surface area contributed by atoms with E-state index in [1.165, 1.54) is 12.7 Å². The molecule has 0 saturated heterocycles. The Morgan fingerprint density at radius 2 is 1.59 bits per heavy atom. The van der Waals surface area contributed by atoms with Crippen molar-refractivity contribution in [2.45, 2.75) is 32.7 Å². The highest BCUT2D eigenvalue weighted by molar-refractivity contribution is 6.04. The second-order valence-electron chi connectivity index (χ2n) is 7.84. The minimum atomic E-state index is -0.437. The van der Waals surface area contributed by atoms with Crippen LogP contribution in [0.1, 0.15) is 52.6 Å². The fraction of sp³-hybridized carbons (Fsp3) is 0.261. The van der Waals surface area contributed by atoms with Gasteiger partial charge in [0.2, 0.25) is 0 Å². The lowest BCUT2D eigenvalue weighted by atomic mass is 9.87. The van der Waals surface area contributed by atoms with Gasteiger partial charge in [0.25, 0.3) is 5.91 Å². The van der Waals surface area contributed by atoms with Gasteiger partial charge in [-0.3, -0.25) is 4.79 Å². The number of aromatic nitrogens is 2. The van der Waals surface area contributed by atoms with Gasteiger partial charge >= 0.3 is 5.97 Å². The van der Waals surface area contributed by atoms with Crippen molar-refractivity contribution in [3.05, 3.63) is 83.0 Å². The van der Waals surface area contributed by atoms with Crippen molar-refractivity contribution in [2.75, 3.05) is 12.4 Å². The number of benzene rings is 2. The number of hydrogen-bond acceptors (Lipinski definition) is 4. The fourth-order valence-corrected chi connectivity index (χ4v) is 2.91. The van der Waals surface area contributed by atoms with Crippen LogP contribution in [0.5, 0.6) is 0 Å². The van der Waals surface area contributed by atoms with Gasteiger partial charge in [-0.1, -0.05) is 45.0 Å². The van der Waals surface area contributed by atoms with E-state index in [0.29, 0.717) is 23.5 Å². The minimum absolute atomic E-state index is 0.104. The number of hydrogen-bond donors (Lipinski definition) is 1. The molecule has 1 N–H and O–H groups in total. The third kappa shape index (κ3) is 4.90. The van der Waals surface area contributed by atoms with Gasteiger partial charge in [-0.2, -0.15) is 5.10 Å². The molecule has 0 atom stereocenters. The second kappa shape index (κ2) is 8.31. The van der Waals surface area contributed by atoms with Gasteiger partial charge in [0.15, 0.2) is 0 Å². The topological polar surface area (TPSA) is 73.2 Å². The normalized spacial score (nSPS) is 11.2. The summed E-state index contributed by atoms with van der Waals surface area (Å²) in [5.74, 6) is -0.106. The van der Waals surface area contributed by atoms with E-state index in [1.54, 1.807) is 41.2 Å². The van der Waals surface area contributed by atoms with Crippen molar-refractivity contribution in [3.63, 3.8) is 0 Å². The van der Waals surface area contributed by atoms with Crippen LogP contribution >= 0.6 is 0 Å². The van der Waals surface area contributed by atoms with E-state index < -0.39 is 5.97 Å². The third-order valence-corrected chi connectivity index (χ3v) is 4.68. The Morgan fingerprint density at radius 3 is 2.17 bits per heavy atom. The van der Waals surface area contributed by atoms with E-state index in [9.17, 15) is 9.59 Å². The SMILES string of the molecule is COC(=O)c1ccc(C(=O)Nc2ccnn2Cc2ccc(C(C)(C)C)cc2)cc1. The molecule has 150 valence electrons. The monoisotopic (exact) mass is 391 g/mol. The summed E-state index contributed by atoms with van der Waals surface area (Å²) in [6.07, 6.45) is 1.65. The van der Waals surface area contributed by atoms with Crippen LogP contribution in [0.3, 0.4) is 0 Å². The fourth-order valence-electron chi connectivity index (χ4n) is 2.91. The summed E-state index contributed by atoms with van der Waals surface area (Å²) in [5.41, 5.74) is 3.31. The van der Waals surface area contributed by atoms with Crippen molar-refractivity contribution in [1.82, 2.24) is 9.78 Å². The molecule has 0 radical (unpaired) electrons. The van der Waals surface area contributed by atoms with E-state index in [4.69, 9.17) is 0 Å². The summed E-state index contributed by atoms with van der Waals surface area (Å²) < 4.78 is 6.41. The van der Waals surface area contributed by atoms with Crippen LogP contribution in [-0.4, -0.2) is 28.8 Å². The summed E-state index contributed by atoms with van der Waals surface area (Å²) >= 11 is 0. The van der Waals surface area contributed by atoms with E-state index in [-0.39, 0.29) is 11.3 Å². The smallest absolute Gasteiger partial charge is 0.337 e. The summed E-state index contributed by atoms with van der Waals surface area (Å²) in [6.45, 7) is 7.09. The van der Waals surface area contributed by atoms with Crippen molar-refractivity contribution < 1.29 is 14.3 Å². The highest BCUT2D eigenvalue weighted by Gasteiger charge is 2.14. The zero-order chi connectivity index (χ0) is 21.0. The van der Waals surface area contributed by atoms with Crippen molar-refractivity contribution in [3.8, 4) is 0 Å². The van der Waals surface area contributed by atoms with Crippen molar-refractivity contribution in [2.24, 2.45) is 0 Å². The van der Waals surface area contributed by atoms with E-state index in [1.807, 2.05) is 0 Å². The van der Waals surface area contributed by atoms with Crippen LogP contribution in [0, 0.1) is 0 Å². The number of anilines is 1. The Balaban J connectivity index is 1.70. The number of nitrogens with one attached hydrogen (secondary N) is 1.